The zero-order valence-electron chi connectivity index (χ0n) is 17.7. The first kappa shape index (κ1) is 20.7. The second kappa shape index (κ2) is 8.58. The van der Waals surface area contributed by atoms with E-state index in [0.717, 1.165) is 42.1 Å². The maximum absolute atomic E-state index is 12.3. The van der Waals surface area contributed by atoms with Crippen LogP contribution in [0.3, 0.4) is 0 Å². The van der Waals surface area contributed by atoms with Crippen LogP contribution in [0.1, 0.15) is 52.4 Å². The zero-order chi connectivity index (χ0) is 21.1. The molecular weight excluding hydrogens is 364 g/mol. The van der Waals surface area contributed by atoms with Gasteiger partial charge in [0.25, 0.3) is 5.91 Å². The van der Waals surface area contributed by atoms with Crippen molar-refractivity contribution in [1.82, 2.24) is 20.2 Å². The van der Waals surface area contributed by atoms with Crippen molar-refractivity contribution < 1.29 is 4.79 Å². The summed E-state index contributed by atoms with van der Waals surface area (Å²) in [6.07, 6.45) is 0.988. The third kappa shape index (κ3) is 4.54. The third-order valence-electron chi connectivity index (χ3n) is 5.45. The summed E-state index contributed by atoms with van der Waals surface area (Å²) in [6, 6.07) is 10.4. The fourth-order valence-corrected chi connectivity index (χ4v) is 3.63. The predicted molar refractivity (Wildman–Crippen MR) is 113 cm³/mol. The Hall–Kier alpha value is -2.98. The Morgan fingerprint density at radius 1 is 1.34 bits per heavy atom. The van der Waals surface area contributed by atoms with E-state index in [1.807, 2.05) is 38.1 Å². The lowest BCUT2D eigenvalue weighted by Crippen LogP contribution is -2.35. The summed E-state index contributed by atoms with van der Waals surface area (Å²) in [5, 5.41) is 12.8. The highest BCUT2D eigenvalue weighted by atomic mass is 16.2. The van der Waals surface area contributed by atoms with Crippen molar-refractivity contribution in [2.45, 2.75) is 39.3 Å². The molecule has 0 radical (unpaired) electrons. The number of nitriles is 1. The summed E-state index contributed by atoms with van der Waals surface area (Å²) in [6.45, 7) is 7.73. The second-order valence-electron chi connectivity index (χ2n) is 7.84. The number of carbonyl (C=O) groups is 1. The predicted octanol–water partition coefficient (Wildman–Crippen LogP) is 2.60. The van der Waals surface area contributed by atoms with Crippen LogP contribution >= 0.6 is 0 Å². The second-order valence-corrected chi connectivity index (χ2v) is 7.84. The average Bonchev–Trinajstić information content (AvgIpc) is 3.17. The molecule has 29 heavy (non-hydrogen) atoms. The maximum Gasteiger partial charge on any atom is 0.291 e. The Balaban J connectivity index is 1.73. The molecular formula is C22H28N6O. The minimum atomic E-state index is -0.186. The number of aryl methyl sites for hydroxylation is 1. The molecule has 0 bridgehead atoms. The van der Waals surface area contributed by atoms with Crippen LogP contribution in [-0.4, -0.2) is 54.0 Å². The summed E-state index contributed by atoms with van der Waals surface area (Å²) < 4.78 is 0. The number of amides is 1. The van der Waals surface area contributed by atoms with Gasteiger partial charge in [-0.1, -0.05) is 12.1 Å². The van der Waals surface area contributed by atoms with Crippen LogP contribution in [0, 0.1) is 25.2 Å². The molecule has 2 heterocycles. The Kier molecular flexibility index (Phi) is 6.14. The van der Waals surface area contributed by atoms with Crippen molar-refractivity contribution in [3.05, 3.63) is 52.5 Å². The van der Waals surface area contributed by atoms with E-state index in [-0.39, 0.29) is 17.8 Å². The van der Waals surface area contributed by atoms with Crippen molar-refractivity contribution in [1.29, 1.82) is 5.26 Å². The number of hydrogen-bond acceptors (Lipinski definition) is 6. The Bertz CT molecular complexity index is 949. The van der Waals surface area contributed by atoms with Gasteiger partial charge in [-0.2, -0.15) is 5.26 Å². The van der Waals surface area contributed by atoms with E-state index in [1.165, 1.54) is 4.90 Å². The van der Waals surface area contributed by atoms with Gasteiger partial charge in [0.05, 0.1) is 11.6 Å². The molecule has 152 valence electrons. The fourth-order valence-electron chi connectivity index (χ4n) is 3.63. The number of aromatic nitrogens is 2. The monoisotopic (exact) mass is 392 g/mol. The van der Waals surface area contributed by atoms with E-state index in [9.17, 15) is 4.79 Å². The van der Waals surface area contributed by atoms with E-state index < -0.39 is 0 Å². The number of nitrogens with one attached hydrogen (secondary N) is 1. The van der Waals surface area contributed by atoms with Gasteiger partial charge >= 0.3 is 0 Å². The van der Waals surface area contributed by atoms with Gasteiger partial charge < -0.3 is 15.1 Å². The SMILES string of the molecule is Cc1nc(C(=O)N(C)C)nc(N2CC[C@@H](NC(C)c3cccc(C#N)c3)C2)c1C. The summed E-state index contributed by atoms with van der Waals surface area (Å²) in [5.41, 5.74) is 3.62. The highest BCUT2D eigenvalue weighted by Crippen LogP contribution is 2.25. The van der Waals surface area contributed by atoms with Crippen molar-refractivity contribution in [2.24, 2.45) is 0 Å². The molecule has 0 saturated carbocycles. The van der Waals surface area contributed by atoms with Gasteiger partial charge in [-0.3, -0.25) is 4.79 Å². The molecule has 2 atom stereocenters. The molecule has 1 saturated heterocycles. The average molecular weight is 393 g/mol. The first-order chi connectivity index (χ1) is 13.8. The van der Waals surface area contributed by atoms with Crippen LogP contribution in [0.15, 0.2) is 24.3 Å². The number of anilines is 1. The molecule has 3 rings (SSSR count). The largest absolute Gasteiger partial charge is 0.355 e. The Morgan fingerprint density at radius 2 is 2.10 bits per heavy atom. The smallest absolute Gasteiger partial charge is 0.291 e. The molecule has 2 aromatic rings. The van der Waals surface area contributed by atoms with E-state index in [0.29, 0.717) is 11.6 Å². The van der Waals surface area contributed by atoms with E-state index in [1.54, 1.807) is 14.1 Å². The molecule has 1 amide bonds. The van der Waals surface area contributed by atoms with Gasteiger partial charge in [0, 0.05) is 50.5 Å². The number of nitrogens with zero attached hydrogens (tertiary/aromatic N) is 5. The molecule has 7 heteroatoms. The number of carbonyl (C=O) groups excluding carboxylic acids is 1. The quantitative estimate of drug-likeness (QED) is 0.842. The highest BCUT2D eigenvalue weighted by Gasteiger charge is 2.27. The van der Waals surface area contributed by atoms with Crippen LogP contribution in [0.25, 0.3) is 0 Å². The lowest BCUT2D eigenvalue weighted by molar-refractivity contribution is 0.0815. The van der Waals surface area contributed by atoms with Gasteiger partial charge in [-0.25, -0.2) is 9.97 Å². The number of rotatable bonds is 5. The van der Waals surface area contributed by atoms with Crippen LogP contribution < -0.4 is 10.2 Å². The third-order valence-corrected chi connectivity index (χ3v) is 5.45. The lowest BCUT2D eigenvalue weighted by Gasteiger charge is -2.23. The summed E-state index contributed by atoms with van der Waals surface area (Å²) >= 11 is 0. The number of benzene rings is 1. The first-order valence-electron chi connectivity index (χ1n) is 9.88. The molecule has 1 unspecified atom stereocenters. The van der Waals surface area contributed by atoms with Crippen LogP contribution in [0.5, 0.6) is 0 Å². The Labute approximate surface area is 172 Å². The van der Waals surface area contributed by atoms with Gasteiger partial charge in [-0.15, -0.1) is 0 Å². The van der Waals surface area contributed by atoms with Crippen molar-refractivity contribution in [3.8, 4) is 6.07 Å². The van der Waals surface area contributed by atoms with Gasteiger partial charge in [0.15, 0.2) is 0 Å². The maximum atomic E-state index is 12.3. The van der Waals surface area contributed by atoms with Gasteiger partial charge in [0.2, 0.25) is 5.82 Å². The van der Waals surface area contributed by atoms with Gasteiger partial charge in [0.1, 0.15) is 5.82 Å². The topological polar surface area (TPSA) is 85.2 Å². The van der Waals surface area contributed by atoms with Gasteiger partial charge in [-0.05, 0) is 44.9 Å². The highest BCUT2D eigenvalue weighted by molar-refractivity contribution is 5.90. The van der Waals surface area contributed by atoms with Crippen molar-refractivity contribution in [2.75, 3.05) is 32.1 Å². The first-order valence-corrected chi connectivity index (χ1v) is 9.88. The van der Waals surface area contributed by atoms with Crippen molar-refractivity contribution >= 4 is 11.7 Å². The van der Waals surface area contributed by atoms with Crippen LogP contribution in [0.2, 0.25) is 0 Å². The van der Waals surface area contributed by atoms with Crippen LogP contribution in [0.4, 0.5) is 5.82 Å². The molecule has 1 aromatic heterocycles. The van der Waals surface area contributed by atoms with Crippen molar-refractivity contribution in [3.63, 3.8) is 0 Å². The summed E-state index contributed by atoms with van der Waals surface area (Å²) in [4.78, 5) is 25.0. The van der Waals surface area contributed by atoms with E-state index in [4.69, 9.17) is 5.26 Å². The summed E-state index contributed by atoms with van der Waals surface area (Å²) in [7, 11) is 3.41. The molecule has 1 aliphatic heterocycles. The molecule has 1 fully saturated rings. The molecule has 0 aliphatic carbocycles. The molecule has 1 N–H and O–H groups in total. The minimum absolute atomic E-state index is 0.146. The van der Waals surface area contributed by atoms with Crippen LogP contribution in [-0.2, 0) is 0 Å². The molecule has 7 nitrogen and oxygen atoms in total. The van der Waals surface area contributed by atoms with E-state index >= 15 is 0 Å². The zero-order valence-corrected chi connectivity index (χ0v) is 17.7. The summed E-state index contributed by atoms with van der Waals surface area (Å²) in [5.74, 6) is 0.895. The normalized spacial score (nSPS) is 17.1. The standard InChI is InChI=1S/C22H28N6O/c1-14-15(2)25-20(22(29)27(4)5)26-21(14)28-10-9-19(13-28)24-16(3)18-8-6-7-17(11-18)12-23/h6-8,11,16,19,24H,9-10,13H2,1-5H3/t16?,19-/m1/s1. The molecule has 1 aliphatic rings. The molecule has 1 aromatic carbocycles. The van der Waals surface area contributed by atoms with E-state index in [2.05, 4.69) is 33.2 Å². The lowest BCUT2D eigenvalue weighted by atomic mass is 10.0. The molecule has 0 spiro atoms. The fraction of sp³-hybridized carbons (Fsp3) is 0.455. The minimum Gasteiger partial charge on any atom is -0.355 e. The number of hydrogen-bond donors (Lipinski definition) is 1. The Morgan fingerprint density at radius 3 is 2.79 bits per heavy atom.